The number of ether oxygens (including phenoxy) is 2. The normalized spacial score (nSPS) is 12.0. The van der Waals surface area contributed by atoms with Gasteiger partial charge in [0.15, 0.2) is 5.82 Å². The number of methoxy groups -OCH3 is 2. The van der Waals surface area contributed by atoms with Gasteiger partial charge < -0.3 is 14.4 Å². The Labute approximate surface area is 120 Å². The van der Waals surface area contributed by atoms with Crippen LogP contribution in [0.2, 0.25) is 0 Å². The van der Waals surface area contributed by atoms with Crippen LogP contribution in [-0.2, 0) is 9.47 Å². The zero-order valence-corrected chi connectivity index (χ0v) is 12.8. The zero-order valence-electron chi connectivity index (χ0n) is 12.8. The van der Waals surface area contributed by atoms with Gasteiger partial charge in [-0.25, -0.2) is 0 Å². The predicted molar refractivity (Wildman–Crippen MR) is 76.8 cm³/mol. The van der Waals surface area contributed by atoms with Crippen LogP contribution in [0.4, 0.5) is 5.82 Å². The largest absolute Gasteiger partial charge is 0.383 e. The summed E-state index contributed by atoms with van der Waals surface area (Å²) in [5.41, 5.74) is 2.21. The first-order valence-electron chi connectivity index (χ1n) is 6.55. The van der Waals surface area contributed by atoms with E-state index in [2.05, 4.69) is 16.3 Å². The van der Waals surface area contributed by atoms with Crippen LogP contribution in [0, 0.1) is 25.2 Å². The molecule has 6 heteroatoms. The number of aromatic nitrogens is 2. The van der Waals surface area contributed by atoms with E-state index in [4.69, 9.17) is 9.47 Å². The highest BCUT2D eigenvalue weighted by Crippen LogP contribution is 2.23. The molecule has 0 amide bonds. The van der Waals surface area contributed by atoms with E-state index in [9.17, 15) is 5.26 Å². The van der Waals surface area contributed by atoms with Crippen molar-refractivity contribution >= 4 is 5.82 Å². The molecule has 0 saturated heterocycles. The maximum Gasteiger partial charge on any atom is 0.169 e. The lowest BCUT2D eigenvalue weighted by Gasteiger charge is -2.30. The van der Waals surface area contributed by atoms with Crippen LogP contribution in [0.5, 0.6) is 0 Å². The van der Waals surface area contributed by atoms with E-state index in [0.717, 1.165) is 11.3 Å². The molecule has 0 bridgehead atoms. The van der Waals surface area contributed by atoms with E-state index >= 15 is 0 Å². The standard InChI is InChI=1S/C14H22N4O2/c1-10(9-20-5)18(6-7-19-4)14-13(8-15)11(2)12(3)16-17-14/h10H,6-7,9H2,1-5H3. The fourth-order valence-electron chi connectivity index (χ4n) is 1.99. The summed E-state index contributed by atoms with van der Waals surface area (Å²) in [6.07, 6.45) is 0. The molecule has 1 atom stereocenters. The van der Waals surface area contributed by atoms with Crippen molar-refractivity contribution in [2.24, 2.45) is 0 Å². The van der Waals surface area contributed by atoms with E-state index < -0.39 is 0 Å². The van der Waals surface area contributed by atoms with Crippen molar-refractivity contribution in [1.29, 1.82) is 5.26 Å². The topological polar surface area (TPSA) is 71.3 Å². The number of rotatable bonds is 7. The Morgan fingerprint density at radius 2 is 1.95 bits per heavy atom. The van der Waals surface area contributed by atoms with E-state index in [-0.39, 0.29) is 6.04 Å². The highest BCUT2D eigenvalue weighted by Gasteiger charge is 2.21. The quantitative estimate of drug-likeness (QED) is 0.752. The minimum atomic E-state index is 0.0821. The van der Waals surface area contributed by atoms with Crippen LogP contribution >= 0.6 is 0 Å². The SMILES string of the molecule is COCCN(c1nnc(C)c(C)c1C#N)C(C)COC. The van der Waals surface area contributed by atoms with Crippen LogP contribution in [0.3, 0.4) is 0 Å². The first kappa shape index (κ1) is 16.3. The second-order valence-corrected chi connectivity index (χ2v) is 4.71. The van der Waals surface area contributed by atoms with Gasteiger partial charge in [0, 0.05) is 20.8 Å². The van der Waals surface area contributed by atoms with Crippen LogP contribution in [0.15, 0.2) is 0 Å². The van der Waals surface area contributed by atoms with E-state index in [1.165, 1.54) is 0 Å². The van der Waals surface area contributed by atoms with Crippen molar-refractivity contribution < 1.29 is 9.47 Å². The van der Waals surface area contributed by atoms with Crippen molar-refractivity contribution in [2.75, 3.05) is 38.9 Å². The Bertz CT molecular complexity index is 485. The third kappa shape index (κ3) is 3.65. The monoisotopic (exact) mass is 278 g/mol. The average Bonchev–Trinajstić information content (AvgIpc) is 2.43. The molecule has 20 heavy (non-hydrogen) atoms. The highest BCUT2D eigenvalue weighted by atomic mass is 16.5. The Kier molecular flexibility index (Phi) is 6.36. The van der Waals surface area contributed by atoms with Crippen LogP contribution in [-0.4, -0.2) is 50.2 Å². The molecule has 0 radical (unpaired) electrons. The first-order chi connectivity index (χ1) is 9.56. The van der Waals surface area contributed by atoms with Crippen molar-refractivity contribution in [2.45, 2.75) is 26.8 Å². The molecule has 1 rings (SSSR count). The molecular weight excluding hydrogens is 256 g/mol. The lowest BCUT2D eigenvalue weighted by Crippen LogP contribution is -2.40. The Balaban J connectivity index is 3.19. The minimum Gasteiger partial charge on any atom is -0.383 e. The molecule has 0 aliphatic heterocycles. The van der Waals surface area contributed by atoms with Gasteiger partial charge in [-0.05, 0) is 26.3 Å². The maximum atomic E-state index is 9.40. The fraction of sp³-hybridized carbons (Fsp3) is 0.643. The number of hydrogen-bond acceptors (Lipinski definition) is 6. The van der Waals surface area contributed by atoms with Crippen LogP contribution in [0.1, 0.15) is 23.7 Å². The lowest BCUT2D eigenvalue weighted by molar-refractivity contribution is 0.170. The molecule has 0 aliphatic rings. The van der Waals surface area contributed by atoms with Gasteiger partial charge in [0.25, 0.3) is 0 Å². The summed E-state index contributed by atoms with van der Waals surface area (Å²) in [4.78, 5) is 2.00. The Morgan fingerprint density at radius 3 is 2.50 bits per heavy atom. The lowest BCUT2D eigenvalue weighted by atomic mass is 10.1. The van der Waals surface area contributed by atoms with Gasteiger partial charge in [-0.1, -0.05) is 0 Å². The zero-order chi connectivity index (χ0) is 15.1. The molecule has 0 aromatic carbocycles. The molecule has 1 aromatic heterocycles. The highest BCUT2D eigenvalue weighted by molar-refractivity contribution is 5.58. The molecule has 0 aliphatic carbocycles. The van der Waals surface area contributed by atoms with Crippen LogP contribution < -0.4 is 4.90 Å². The summed E-state index contributed by atoms with van der Waals surface area (Å²) in [7, 11) is 3.30. The van der Waals surface area contributed by atoms with E-state index in [1.807, 2.05) is 25.7 Å². The number of anilines is 1. The number of hydrogen-bond donors (Lipinski definition) is 0. The average molecular weight is 278 g/mol. The van der Waals surface area contributed by atoms with Gasteiger partial charge in [-0.2, -0.15) is 10.4 Å². The summed E-state index contributed by atoms with van der Waals surface area (Å²) >= 11 is 0. The summed E-state index contributed by atoms with van der Waals surface area (Å²) in [5.74, 6) is 0.595. The number of aryl methyl sites for hydroxylation is 1. The number of nitriles is 1. The molecule has 0 N–H and O–H groups in total. The second-order valence-electron chi connectivity index (χ2n) is 4.71. The molecule has 0 saturated carbocycles. The van der Waals surface area contributed by atoms with Gasteiger partial charge >= 0.3 is 0 Å². The summed E-state index contributed by atoms with van der Waals surface area (Å²) < 4.78 is 10.3. The Hall–Kier alpha value is -1.71. The molecule has 110 valence electrons. The maximum absolute atomic E-state index is 9.40. The summed E-state index contributed by atoms with van der Waals surface area (Å²) in [6, 6.07) is 2.31. The second kappa shape index (κ2) is 7.78. The molecular formula is C14H22N4O2. The van der Waals surface area contributed by atoms with Gasteiger partial charge in [-0.15, -0.1) is 5.10 Å². The van der Waals surface area contributed by atoms with Crippen molar-refractivity contribution in [3.05, 3.63) is 16.8 Å². The van der Waals surface area contributed by atoms with Gasteiger partial charge in [0.05, 0.1) is 24.9 Å². The van der Waals surface area contributed by atoms with E-state index in [0.29, 0.717) is 31.1 Å². The van der Waals surface area contributed by atoms with Gasteiger partial charge in [0.1, 0.15) is 11.6 Å². The number of nitrogens with zero attached hydrogens (tertiary/aromatic N) is 4. The smallest absolute Gasteiger partial charge is 0.169 e. The first-order valence-corrected chi connectivity index (χ1v) is 6.55. The van der Waals surface area contributed by atoms with Gasteiger partial charge in [-0.3, -0.25) is 0 Å². The fourth-order valence-corrected chi connectivity index (χ4v) is 1.99. The van der Waals surface area contributed by atoms with Gasteiger partial charge in [0.2, 0.25) is 0 Å². The van der Waals surface area contributed by atoms with E-state index in [1.54, 1.807) is 14.2 Å². The molecule has 0 spiro atoms. The third-order valence-corrected chi connectivity index (χ3v) is 3.30. The van der Waals surface area contributed by atoms with Crippen molar-refractivity contribution in [3.63, 3.8) is 0 Å². The predicted octanol–water partition coefficient (Wildman–Crippen LogP) is 1.45. The summed E-state index contributed by atoms with van der Waals surface area (Å²) in [5, 5.41) is 17.7. The third-order valence-electron chi connectivity index (χ3n) is 3.30. The van der Waals surface area contributed by atoms with Crippen molar-refractivity contribution in [1.82, 2.24) is 10.2 Å². The molecule has 1 heterocycles. The molecule has 1 unspecified atom stereocenters. The van der Waals surface area contributed by atoms with Crippen molar-refractivity contribution in [3.8, 4) is 6.07 Å². The minimum absolute atomic E-state index is 0.0821. The Morgan fingerprint density at radius 1 is 1.25 bits per heavy atom. The molecule has 1 aromatic rings. The molecule has 6 nitrogen and oxygen atoms in total. The van der Waals surface area contributed by atoms with Crippen LogP contribution in [0.25, 0.3) is 0 Å². The molecule has 0 fully saturated rings. The summed E-state index contributed by atoms with van der Waals surface area (Å²) in [6.45, 7) is 7.49.